The molecule has 0 spiro atoms. The lowest BCUT2D eigenvalue weighted by molar-refractivity contribution is 0.0600. The largest absolute Gasteiger partial charge is 0.508 e. The molecule has 1 aromatic heterocycles. The average molecular weight is 296 g/mol. The van der Waals surface area contributed by atoms with Crippen LogP contribution in [0.25, 0.3) is 22.3 Å². The summed E-state index contributed by atoms with van der Waals surface area (Å²) >= 11 is 0. The summed E-state index contributed by atoms with van der Waals surface area (Å²) in [5.41, 5.74) is 1.22. The quantitative estimate of drug-likeness (QED) is 0.736. The highest BCUT2D eigenvalue weighted by Gasteiger charge is 2.09. The molecular weight excluding hydrogens is 284 g/mol. The second-order valence-corrected chi connectivity index (χ2v) is 4.72. The first-order valence-electron chi connectivity index (χ1n) is 6.54. The minimum Gasteiger partial charge on any atom is -0.508 e. The summed E-state index contributed by atoms with van der Waals surface area (Å²) in [6.07, 6.45) is 0. The third-order valence-corrected chi connectivity index (χ3v) is 3.30. The number of ether oxygens (including phenoxy) is 1. The van der Waals surface area contributed by atoms with Crippen LogP contribution in [0.3, 0.4) is 0 Å². The van der Waals surface area contributed by atoms with Gasteiger partial charge in [0.2, 0.25) is 0 Å². The van der Waals surface area contributed by atoms with E-state index < -0.39 is 5.97 Å². The minimum atomic E-state index is -0.429. The van der Waals surface area contributed by atoms with Gasteiger partial charge in [-0.3, -0.25) is 4.79 Å². The van der Waals surface area contributed by atoms with Crippen molar-refractivity contribution < 1.29 is 19.1 Å². The number of rotatable bonds is 2. The second kappa shape index (κ2) is 5.37. The summed E-state index contributed by atoms with van der Waals surface area (Å²) in [5.74, 6) is -0.0309. The molecule has 0 unspecified atom stereocenters. The van der Waals surface area contributed by atoms with Gasteiger partial charge in [0, 0.05) is 11.6 Å². The van der Waals surface area contributed by atoms with Crippen LogP contribution >= 0.6 is 0 Å². The number of benzene rings is 2. The van der Waals surface area contributed by atoms with Gasteiger partial charge in [-0.2, -0.15) is 0 Å². The topological polar surface area (TPSA) is 76.7 Å². The first-order valence-corrected chi connectivity index (χ1v) is 6.54. The van der Waals surface area contributed by atoms with Crippen molar-refractivity contribution in [2.24, 2.45) is 0 Å². The molecule has 0 amide bonds. The van der Waals surface area contributed by atoms with Crippen LogP contribution in [0.4, 0.5) is 0 Å². The predicted molar refractivity (Wildman–Crippen MR) is 80.9 cm³/mol. The van der Waals surface area contributed by atoms with Crippen LogP contribution in [0, 0.1) is 0 Å². The van der Waals surface area contributed by atoms with E-state index in [1.165, 1.54) is 25.3 Å². The summed E-state index contributed by atoms with van der Waals surface area (Å²) < 4.78 is 10.3. The van der Waals surface area contributed by atoms with Crippen molar-refractivity contribution in [3.05, 3.63) is 64.3 Å². The molecule has 5 nitrogen and oxygen atoms in total. The number of aromatic hydroxyl groups is 1. The lowest BCUT2D eigenvalue weighted by Gasteiger charge is -2.04. The van der Waals surface area contributed by atoms with Crippen LogP contribution in [-0.4, -0.2) is 18.2 Å². The number of carbonyl (C=O) groups is 1. The number of esters is 1. The highest BCUT2D eigenvalue weighted by atomic mass is 16.5. The maximum atomic E-state index is 12.1. The van der Waals surface area contributed by atoms with Crippen LogP contribution in [0.1, 0.15) is 10.4 Å². The molecule has 0 bridgehead atoms. The van der Waals surface area contributed by atoms with E-state index in [2.05, 4.69) is 4.74 Å². The molecule has 0 aliphatic rings. The van der Waals surface area contributed by atoms with Crippen LogP contribution in [0.2, 0.25) is 0 Å². The number of carbonyl (C=O) groups excluding carboxylic acids is 1. The van der Waals surface area contributed by atoms with Crippen molar-refractivity contribution in [3.8, 4) is 17.1 Å². The first-order chi connectivity index (χ1) is 10.6. The number of methoxy groups -OCH3 is 1. The minimum absolute atomic E-state index is 0.00924. The summed E-state index contributed by atoms with van der Waals surface area (Å²) in [6.45, 7) is 0. The lowest BCUT2D eigenvalue weighted by Crippen LogP contribution is -2.01. The number of phenolic OH excluding ortho intramolecular Hbond substituents is 1. The fourth-order valence-corrected chi connectivity index (χ4v) is 2.17. The Hall–Kier alpha value is -3.08. The molecule has 2 aromatic carbocycles. The van der Waals surface area contributed by atoms with E-state index in [1.807, 2.05) is 0 Å². The van der Waals surface area contributed by atoms with Gasteiger partial charge in [0.05, 0.1) is 18.1 Å². The van der Waals surface area contributed by atoms with E-state index in [0.29, 0.717) is 27.9 Å². The maximum absolute atomic E-state index is 12.1. The highest BCUT2D eigenvalue weighted by molar-refractivity contribution is 5.90. The molecule has 0 saturated heterocycles. The van der Waals surface area contributed by atoms with Crippen LogP contribution < -0.4 is 5.43 Å². The van der Waals surface area contributed by atoms with Gasteiger partial charge in [0.25, 0.3) is 0 Å². The van der Waals surface area contributed by atoms with E-state index in [1.54, 1.807) is 30.3 Å². The Morgan fingerprint density at radius 3 is 2.50 bits per heavy atom. The van der Waals surface area contributed by atoms with Crippen molar-refractivity contribution in [1.29, 1.82) is 0 Å². The van der Waals surface area contributed by atoms with Gasteiger partial charge in [0.1, 0.15) is 17.1 Å². The van der Waals surface area contributed by atoms with Gasteiger partial charge in [-0.15, -0.1) is 0 Å². The number of hydrogen-bond acceptors (Lipinski definition) is 5. The maximum Gasteiger partial charge on any atom is 0.337 e. The SMILES string of the molecule is COC(=O)c1ccc(-c2cc(=O)c3cc(O)ccc3o2)cc1. The van der Waals surface area contributed by atoms with Crippen molar-refractivity contribution in [1.82, 2.24) is 0 Å². The van der Waals surface area contributed by atoms with Crippen LogP contribution in [0.15, 0.2) is 57.7 Å². The van der Waals surface area contributed by atoms with E-state index in [9.17, 15) is 14.7 Å². The Kier molecular flexibility index (Phi) is 3.39. The fraction of sp³-hybridized carbons (Fsp3) is 0.0588. The molecular formula is C17H12O5. The summed E-state index contributed by atoms with van der Waals surface area (Å²) in [7, 11) is 1.31. The molecule has 0 aliphatic carbocycles. The van der Waals surface area contributed by atoms with Crippen molar-refractivity contribution in [2.75, 3.05) is 7.11 Å². The number of hydrogen-bond donors (Lipinski definition) is 1. The van der Waals surface area contributed by atoms with E-state index in [4.69, 9.17) is 4.42 Å². The van der Waals surface area contributed by atoms with Crippen LogP contribution in [-0.2, 0) is 4.74 Å². The predicted octanol–water partition coefficient (Wildman–Crippen LogP) is 2.95. The summed E-state index contributed by atoms with van der Waals surface area (Å²) in [4.78, 5) is 23.5. The Morgan fingerprint density at radius 1 is 1.09 bits per heavy atom. The van der Waals surface area contributed by atoms with Gasteiger partial charge in [-0.1, -0.05) is 12.1 Å². The van der Waals surface area contributed by atoms with Crippen molar-refractivity contribution in [3.63, 3.8) is 0 Å². The van der Waals surface area contributed by atoms with Crippen LogP contribution in [0.5, 0.6) is 5.75 Å². The Morgan fingerprint density at radius 2 is 1.82 bits per heavy atom. The molecule has 5 heteroatoms. The zero-order chi connectivity index (χ0) is 15.7. The van der Waals surface area contributed by atoms with Gasteiger partial charge < -0.3 is 14.3 Å². The number of fused-ring (bicyclic) bond motifs is 1. The number of phenols is 1. The molecule has 0 atom stereocenters. The van der Waals surface area contributed by atoms with Gasteiger partial charge in [0.15, 0.2) is 5.43 Å². The first kappa shape index (κ1) is 13.9. The molecule has 0 saturated carbocycles. The Labute approximate surface area is 125 Å². The zero-order valence-electron chi connectivity index (χ0n) is 11.7. The summed E-state index contributed by atoms with van der Waals surface area (Å²) in [5, 5.41) is 9.74. The molecule has 0 aliphatic heterocycles. The lowest BCUT2D eigenvalue weighted by atomic mass is 10.1. The second-order valence-electron chi connectivity index (χ2n) is 4.72. The molecule has 3 aromatic rings. The molecule has 0 radical (unpaired) electrons. The third kappa shape index (κ3) is 2.44. The van der Waals surface area contributed by atoms with Gasteiger partial charge >= 0.3 is 5.97 Å². The Bertz CT molecular complexity index is 906. The monoisotopic (exact) mass is 296 g/mol. The third-order valence-electron chi connectivity index (χ3n) is 3.30. The normalized spacial score (nSPS) is 10.6. The molecule has 1 heterocycles. The fourth-order valence-electron chi connectivity index (χ4n) is 2.17. The van der Waals surface area contributed by atoms with Gasteiger partial charge in [-0.05, 0) is 30.3 Å². The Balaban J connectivity index is 2.08. The van der Waals surface area contributed by atoms with E-state index in [0.717, 1.165) is 0 Å². The zero-order valence-corrected chi connectivity index (χ0v) is 11.7. The average Bonchev–Trinajstić information content (AvgIpc) is 2.55. The summed E-state index contributed by atoms with van der Waals surface area (Å²) in [6, 6.07) is 12.3. The van der Waals surface area contributed by atoms with Crippen molar-refractivity contribution in [2.45, 2.75) is 0 Å². The smallest absolute Gasteiger partial charge is 0.337 e. The molecule has 3 rings (SSSR count). The molecule has 110 valence electrons. The van der Waals surface area contributed by atoms with Gasteiger partial charge in [-0.25, -0.2) is 4.79 Å². The van der Waals surface area contributed by atoms with E-state index >= 15 is 0 Å². The van der Waals surface area contributed by atoms with Crippen molar-refractivity contribution >= 4 is 16.9 Å². The standard InChI is InChI=1S/C17H12O5/c1-21-17(20)11-4-2-10(3-5-11)16-9-14(19)13-8-12(18)6-7-15(13)22-16/h2-9,18H,1H3. The van der Waals surface area contributed by atoms with E-state index in [-0.39, 0.29) is 11.2 Å². The molecule has 22 heavy (non-hydrogen) atoms. The molecule has 0 fully saturated rings. The highest BCUT2D eigenvalue weighted by Crippen LogP contribution is 2.24. The molecule has 1 N–H and O–H groups in total.